The Labute approximate surface area is 103 Å². The lowest BCUT2D eigenvalue weighted by Crippen LogP contribution is -2.05. The summed E-state index contributed by atoms with van der Waals surface area (Å²) in [5, 5.41) is 1.82. The van der Waals surface area contributed by atoms with Crippen molar-refractivity contribution in [1.82, 2.24) is 15.0 Å². The average Bonchev–Trinajstić information content (AvgIpc) is 2.47. The minimum Gasteiger partial charge on any atom is -0.287 e. The number of nitrogens with zero attached hydrogens (tertiary/aromatic N) is 3. The van der Waals surface area contributed by atoms with E-state index < -0.39 is 0 Å². The van der Waals surface area contributed by atoms with Gasteiger partial charge in [0.05, 0.1) is 6.20 Å². The van der Waals surface area contributed by atoms with Crippen LogP contribution in [0.25, 0.3) is 10.8 Å². The van der Waals surface area contributed by atoms with Crippen molar-refractivity contribution in [3.63, 3.8) is 0 Å². The van der Waals surface area contributed by atoms with Gasteiger partial charge in [0, 0.05) is 35.7 Å². The van der Waals surface area contributed by atoms with Gasteiger partial charge in [-0.05, 0) is 11.5 Å². The van der Waals surface area contributed by atoms with Crippen molar-refractivity contribution in [2.45, 2.75) is 0 Å². The molecule has 0 saturated heterocycles. The molecule has 0 spiro atoms. The van der Waals surface area contributed by atoms with Gasteiger partial charge in [0.15, 0.2) is 0 Å². The molecule has 2 heterocycles. The predicted octanol–water partition coefficient (Wildman–Crippen LogP) is 2.26. The van der Waals surface area contributed by atoms with Gasteiger partial charge in [-0.25, -0.2) is 4.98 Å². The highest BCUT2D eigenvalue weighted by Crippen LogP contribution is 2.19. The van der Waals surface area contributed by atoms with Crippen LogP contribution >= 0.6 is 0 Å². The Kier molecular flexibility index (Phi) is 2.53. The highest BCUT2D eigenvalue weighted by Gasteiger charge is 2.13. The quantitative estimate of drug-likeness (QED) is 0.639. The molecular formula is C14H9N3O. The van der Waals surface area contributed by atoms with E-state index in [0.717, 1.165) is 10.8 Å². The number of hydrogen-bond donors (Lipinski definition) is 0. The van der Waals surface area contributed by atoms with E-state index in [1.165, 1.54) is 12.4 Å². The van der Waals surface area contributed by atoms with Gasteiger partial charge in [0.25, 0.3) is 0 Å². The van der Waals surface area contributed by atoms with Crippen LogP contribution in [0.1, 0.15) is 16.1 Å². The molecule has 0 amide bonds. The van der Waals surface area contributed by atoms with Crippen molar-refractivity contribution in [3.8, 4) is 0 Å². The molecule has 4 heteroatoms. The van der Waals surface area contributed by atoms with Crippen molar-refractivity contribution in [2.75, 3.05) is 0 Å². The van der Waals surface area contributed by atoms with Crippen LogP contribution in [0.15, 0.2) is 55.2 Å². The van der Waals surface area contributed by atoms with Crippen LogP contribution in [0.3, 0.4) is 0 Å². The van der Waals surface area contributed by atoms with Crippen molar-refractivity contribution < 1.29 is 4.79 Å². The molecular weight excluding hydrogens is 226 g/mol. The van der Waals surface area contributed by atoms with Gasteiger partial charge in [-0.1, -0.05) is 18.2 Å². The molecule has 4 nitrogen and oxygen atoms in total. The molecule has 0 unspecified atom stereocenters. The van der Waals surface area contributed by atoms with Crippen molar-refractivity contribution in [1.29, 1.82) is 0 Å². The summed E-state index contributed by atoms with van der Waals surface area (Å²) in [6.07, 6.45) is 7.92. The summed E-state index contributed by atoms with van der Waals surface area (Å²) in [7, 11) is 0. The fourth-order valence-corrected chi connectivity index (χ4v) is 1.87. The third-order valence-electron chi connectivity index (χ3n) is 2.72. The minimum absolute atomic E-state index is 0.137. The summed E-state index contributed by atoms with van der Waals surface area (Å²) in [5.41, 5.74) is 0.940. The van der Waals surface area contributed by atoms with E-state index in [1.54, 1.807) is 24.7 Å². The second kappa shape index (κ2) is 4.33. The summed E-state index contributed by atoms with van der Waals surface area (Å²) in [5.74, 6) is -0.137. The van der Waals surface area contributed by atoms with Gasteiger partial charge >= 0.3 is 0 Å². The monoisotopic (exact) mass is 235 g/mol. The molecule has 0 fully saturated rings. The van der Waals surface area contributed by atoms with Crippen molar-refractivity contribution in [3.05, 3.63) is 66.5 Å². The number of rotatable bonds is 2. The number of fused-ring (bicyclic) bond motifs is 1. The van der Waals surface area contributed by atoms with Crippen molar-refractivity contribution >= 4 is 16.6 Å². The molecule has 0 N–H and O–H groups in total. The van der Waals surface area contributed by atoms with Crippen LogP contribution in [0.2, 0.25) is 0 Å². The Hall–Kier alpha value is -2.62. The molecule has 3 aromatic rings. The number of hydrogen-bond acceptors (Lipinski definition) is 4. The lowest BCUT2D eigenvalue weighted by molar-refractivity contribution is 0.103. The Bertz CT molecular complexity index is 705. The molecule has 3 rings (SSSR count). The molecule has 0 atom stereocenters. The number of carbonyl (C=O) groups is 1. The smallest absolute Gasteiger partial charge is 0.213 e. The van der Waals surface area contributed by atoms with Crippen LogP contribution in [0, 0.1) is 0 Å². The Morgan fingerprint density at radius 1 is 0.944 bits per heavy atom. The average molecular weight is 235 g/mol. The number of pyridine rings is 1. The first-order chi connectivity index (χ1) is 8.86. The fraction of sp³-hybridized carbons (Fsp3) is 0. The molecule has 18 heavy (non-hydrogen) atoms. The lowest BCUT2D eigenvalue weighted by atomic mass is 10.0. The van der Waals surface area contributed by atoms with Gasteiger partial charge in [0.2, 0.25) is 5.78 Å². The molecule has 0 aliphatic carbocycles. The first-order valence-corrected chi connectivity index (χ1v) is 5.50. The Balaban J connectivity index is 2.18. The largest absolute Gasteiger partial charge is 0.287 e. The highest BCUT2D eigenvalue weighted by atomic mass is 16.1. The van der Waals surface area contributed by atoms with E-state index in [0.29, 0.717) is 11.3 Å². The van der Waals surface area contributed by atoms with E-state index in [2.05, 4.69) is 15.0 Å². The van der Waals surface area contributed by atoms with E-state index in [9.17, 15) is 4.79 Å². The summed E-state index contributed by atoms with van der Waals surface area (Å²) >= 11 is 0. The maximum atomic E-state index is 12.3. The zero-order valence-corrected chi connectivity index (χ0v) is 9.45. The summed E-state index contributed by atoms with van der Waals surface area (Å²) < 4.78 is 0. The third kappa shape index (κ3) is 1.73. The maximum Gasteiger partial charge on any atom is 0.213 e. The standard InChI is InChI=1S/C14H9N3O/c18-14(13-9-16-6-7-17-13)11-3-1-2-10-4-5-15-8-12(10)11/h1-9H. The molecule has 86 valence electrons. The second-order valence-electron chi connectivity index (χ2n) is 3.82. The predicted molar refractivity (Wildman–Crippen MR) is 67.2 cm³/mol. The zero-order valence-electron chi connectivity index (χ0n) is 9.45. The minimum atomic E-state index is -0.137. The van der Waals surface area contributed by atoms with Crippen LogP contribution < -0.4 is 0 Å². The SMILES string of the molecule is O=C(c1cnccn1)c1cccc2ccncc12. The highest BCUT2D eigenvalue weighted by molar-refractivity contribution is 6.15. The molecule has 1 aromatic carbocycles. The van der Waals surface area contributed by atoms with E-state index in [1.807, 2.05) is 18.2 Å². The van der Waals surface area contributed by atoms with Gasteiger partial charge in [0.1, 0.15) is 5.69 Å². The lowest BCUT2D eigenvalue weighted by Gasteiger charge is -2.04. The first-order valence-electron chi connectivity index (χ1n) is 5.50. The Morgan fingerprint density at radius 2 is 1.83 bits per heavy atom. The third-order valence-corrected chi connectivity index (χ3v) is 2.72. The van der Waals surface area contributed by atoms with E-state index >= 15 is 0 Å². The van der Waals surface area contributed by atoms with Crippen LogP contribution in [0.5, 0.6) is 0 Å². The molecule has 0 saturated carbocycles. The second-order valence-corrected chi connectivity index (χ2v) is 3.82. The molecule has 0 bridgehead atoms. The van der Waals surface area contributed by atoms with Gasteiger partial charge in [-0.15, -0.1) is 0 Å². The van der Waals surface area contributed by atoms with Gasteiger partial charge in [-0.3, -0.25) is 14.8 Å². The summed E-state index contributed by atoms with van der Waals surface area (Å²) in [4.78, 5) is 24.3. The Morgan fingerprint density at radius 3 is 2.67 bits per heavy atom. The molecule has 0 radical (unpaired) electrons. The van der Waals surface area contributed by atoms with Crippen molar-refractivity contribution in [2.24, 2.45) is 0 Å². The molecule has 0 aliphatic rings. The van der Waals surface area contributed by atoms with Gasteiger partial charge < -0.3 is 0 Å². The molecule has 0 aliphatic heterocycles. The summed E-state index contributed by atoms with van der Waals surface area (Å²) in [6, 6.07) is 7.46. The van der Waals surface area contributed by atoms with E-state index in [4.69, 9.17) is 0 Å². The maximum absolute atomic E-state index is 12.3. The zero-order chi connectivity index (χ0) is 12.4. The number of benzene rings is 1. The number of carbonyl (C=O) groups excluding carboxylic acids is 1. The van der Waals surface area contributed by atoms with E-state index in [-0.39, 0.29) is 5.78 Å². The van der Waals surface area contributed by atoms with Gasteiger partial charge in [-0.2, -0.15) is 0 Å². The number of ketones is 1. The summed E-state index contributed by atoms with van der Waals surface area (Å²) in [6.45, 7) is 0. The van der Waals surface area contributed by atoms with Crippen LogP contribution in [-0.4, -0.2) is 20.7 Å². The molecule has 2 aromatic heterocycles. The fourth-order valence-electron chi connectivity index (χ4n) is 1.87. The van der Waals surface area contributed by atoms with Crippen LogP contribution in [0.4, 0.5) is 0 Å². The first kappa shape index (κ1) is 10.5. The topological polar surface area (TPSA) is 55.7 Å². The van der Waals surface area contributed by atoms with Crippen LogP contribution in [-0.2, 0) is 0 Å². The number of aromatic nitrogens is 3. The normalized spacial score (nSPS) is 10.4.